The van der Waals surface area contributed by atoms with E-state index in [9.17, 15) is 0 Å². The van der Waals surface area contributed by atoms with E-state index < -0.39 is 0 Å². The summed E-state index contributed by atoms with van der Waals surface area (Å²) in [4.78, 5) is 9.63. The number of aromatic nitrogens is 1. The van der Waals surface area contributed by atoms with Gasteiger partial charge in [-0.25, -0.2) is 4.98 Å². The van der Waals surface area contributed by atoms with Crippen LogP contribution in [0.1, 0.15) is 24.8 Å². The summed E-state index contributed by atoms with van der Waals surface area (Å²) in [6.45, 7) is 4.30. The van der Waals surface area contributed by atoms with Gasteiger partial charge in [0.2, 0.25) is 5.88 Å². The lowest BCUT2D eigenvalue weighted by atomic mass is 10.2. The number of likely N-dealkylation sites (tertiary alicyclic amines) is 1. The average molecular weight is 326 g/mol. The summed E-state index contributed by atoms with van der Waals surface area (Å²) in [5.74, 6) is 0.611. The molecule has 1 aromatic heterocycles. The number of thiocarbonyl (C=S) groups is 1. The minimum Gasteiger partial charge on any atom is -0.472 e. The van der Waals surface area contributed by atoms with Gasteiger partial charge < -0.3 is 14.5 Å². The molecule has 21 heavy (non-hydrogen) atoms. The third-order valence-electron chi connectivity index (χ3n) is 4.12. The Morgan fingerprint density at radius 1 is 1.43 bits per heavy atom. The van der Waals surface area contributed by atoms with Gasteiger partial charge in [0.05, 0.1) is 17.1 Å². The van der Waals surface area contributed by atoms with Gasteiger partial charge in [-0.05, 0) is 38.4 Å². The molecule has 2 aliphatic heterocycles. The van der Waals surface area contributed by atoms with Crippen LogP contribution in [-0.4, -0.2) is 59.1 Å². The second-order valence-electron chi connectivity index (χ2n) is 5.77. The van der Waals surface area contributed by atoms with Crippen molar-refractivity contribution in [1.82, 2.24) is 14.8 Å². The first-order chi connectivity index (χ1) is 10.1. The predicted octanol–water partition coefficient (Wildman–Crippen LogP) is 2.59. The summed E-state index contributed by atoms with van der Waals surface area (Å²) in [7, 11) is 2.00. The predicted molar refractivity (Wildman–Crippen MR) is 88.3 cm³/mol. The highest BCUT2D eigenvalue weighted by molar-refractivity contribution is 7.80. The van der Waals surface area contributed by atoms with E-state index in [4.69, 9.17) is 28.6 Å². The van der Waals surface area contributed by atoms with E-state index >= 15 is 0 Å². The van der Waals surface area contributed by atoms with Crippen molar-refractivity contribution in [3.8, 4) is 5.88 Å². The minimum atomic E-state index is 0.114. The number of likely N-dealkylation sites (N-methyl/N-ethyl adjacent to an activating group) is 1. The van der Waals surface area contributed by atoms with Gasteiger partial charge in [-0.1, -0.05) is 23.8 Å². The molecule has 0 N–H and O–H groups in total. The Morgan fingerprint density at radius 2 is 2.19 bits per heavy atom. The SMILES string of the molecule is CN1CC(CCN2CCCC2)Oc2ncc(Cl)cc2C1=S. The van der Waals surface area contributed by atoms with Crippen LogP contribution in [-0.2, 0) is 0 Å². The van der Waals surface area contributed by atoms with Crippen LogP contribution in [0.5, 0.6) is 5.88 Å². The number of hydrogen-bond donors (Lipinski definition) is 0. The molecule has 0 amide bonds. The number of fused-ring (bicyclic) bond motifs is 1. The van der Waals surface area contributed by atoms with Gasteiger partial charge in [0.25, 0.3) is 0 Å². The van der Waals surface area contributed by atoms with Crippen molar-refractivity contribution in [3.05, 3.63) is 22.8 Å². The Kier molecular flexibility index (Phi) is 4.62. The molecule has 0 bridgehead atoms. The molecule has 0 spiro atoms. The second-order valence-corrected chi connectivity index (χ2v) is 6.59. The molecule has 3 rings (SSSR count). The van der Waals surface area contributed by atoms with Crippen LogP contribution in [0.3, 0.4) is 0 Å². The average Bonchev–Trinajstić information content (AvgIpc) is 2.95. The first-order valence-electron chi connectivity index (χ1n) is 7.43. The van der Waals surface area contributed by atoms with E-state index in [1.807, 2.05) is 13.1 Å². The van der Waals surface area contributed by atoms with Crippen LogP contribution in [0.2, 0.25) is 5.02 Å². The molecule has 1 unspecified atom stereocenters. The largest absolute Gasteiger partial charge is 0.472 e. The van der Waals surface area contributed by atoms with E-state index in [1.54, 1.807) is 6.20 Å². The monoisotopic (exact) mass is 325 g/mol. The van der Waals surface area contributed by atoms with Crippen molar-refractivity contribution >= 4 is 28.8 Å². The van der Waals surface area contributed by atoms with E-state index in [0.717, 1.165) is 30.1 Å². The number of ether oxygens (including phenoxy) is 1. The summed E-state index contributed by atoms with van der Waals surface area (Å²) < 4.78 is 6.09. The lowest BCUT2D eigenvalue weighted by molar-refractivity contribution is 0.149. The van der Waals surface area contributed by atoms with E-state index in [1.165, 1.54) is 25.9 Å². The quantitative estimate of drug-likeness (QED) is 0.797. The van der Waals surface area contributed by atoms with E-state index in [-0.39, 0.29) is 6.10 Å². The maximum Gasteiger partial charge on any atom is 0.224 e. The zero-order valence-electron chi connectivity index (χ0n) is 12.2. The maximum absolute atomic E-state index is 6.09. The Bertz CT molecular complexity index is 534. The fourth-order valence-corrected chi connectivity index (χ4v) is 3.32. The highest BCUT2D eigenvalue weighted by Crippen LogP contribution is 2.26. The third-order valence-corrected chi connectivity index (χ3v) is 4.85. The minimum absolute atomic E-state index is 0.114. The zero-order valence-corrected chi connectivity index (χ0v) is 13.8. The Balaban J connectivity index is 1.72. The van der Waals surface area contributed by atoms with E-state index in [0.29, 0.717) is 10.9 Å². The molecule has 3 heterocycles. The van der Waals surface area contributed by atoms with Crippen LogP contribution < -0.4 is 4.74 Å². The lowest BCUT2D eigenvalue weighted by Crippen LogP contribution is -2.36. The normalized spacial score (nSPS) is 22.9. The molecule has 0 aromatic carbocycles. The summed E-state index contributed by atoms with van der Waals surface area (Å²) >= 11 is 11.5. The van der Waals surface area contributed by atoms with Gasteiger partial charge in [0.1, 0.15) is 11.1 Å². The van der Waals surface area contributed by atoms with Gasteiger partial charge in [-0.3, -0.25) is 0 Å². The highest BCUT2D eigenvalue weighted by atomic mass is 35.5. The molecule has 1 saturated heterocycles. The number of rotatable bonds is 3. The molecule has 2 aliphatic rings. The smallest absolute Gasteiger partial charge is 0.224 e. The van der Waals surface area contributed by atoms with Crippen molar-refractivity contribution in [1.29, 1.82) is 0 Å². The first kappa shape index (κ1) is 15.0. The fourth-order valence-electron chi connectivity index (χ4n) is 2.95. The third kappa shape index (κ3) is 3.47. The molecular formula is C15H20ClN3OS. The number of nitrogens with zero attached hydrogens (tertiary/aromatic N) is 3. The summed E-state index contributed by atoms with van der Waals surface area (Å²) in [5.41, 5.74) is 0.823. The molecule has 6 heteroatoms. The van der Waals surface area contributed by atoms with Crippen molar-refractivity contribution < 1.29 is 4.74 Å². The summed E-state index contributed by atoms with van der Waals surface area (Å²) in [5, 5.41) is 0.587. The Hall–Kier alpha value is -0.910. The van der Waals surface area contributed by atoms with E-state index in [2.05, 4.69) is 14.8 Å². The van der Waals surface area contributed by atoms with Crippen molar-refractivity contribution in [2.75, 3.05) is 33.2 Å². The lowest BCUT2D eigenvalue weighted by Gasteiger charge is -2.23. The second kappa shape index (κ2) is 6.46. The molecule has 1 fully saturated rings. The topological polar surface area (TPSA) is 28.6 Å². The Morgan fingerprint density at radius 3 is 2.95 bits per heavy atom. The standard InChI is InChI=1S/C15H20ClN3OS/c1-18-10-12(4-7-19-5-2-3-6-19)20-14-13(15(18)21)8-11(16)9-17-14/h8-9,12H,2-7,10H2,1H3. The number of halogens is 1. The summed E-state index contributed by atoms with van der Waals surface area (Å²) in [6.07, 6.45) is 5.36. The van der Waals surface area contributed by atoms with Crippen molar-refractivity contribution in [3.63, 3.8) is 0 Å². The molecule has 1 aromatic rings. The van der Waals surface area contributed by atoms with Crippen LogP contribution in [0.25, 0.3) is 0 Å². The molecule has 4 nitrogen and oxygen atoms in total. The first-order valence-corrected chi connectivity index (χ1v) is 8.22. The van der Waals surface area contributed by atoms with Gasteiger partial charge in [-0.2, -0.15) is 0 Å². The molecule has 1 atom stereocenters. The molecule has 0 saturated carbocycles. The van der Waals surface area contributed by atoms with Gasteiger partial charge >= 0.3 is 0 Å². The van der Waals surface area contributed by atoms with Crippen LogP contribution in [0.15, 0.2) is 12.3 Å². The molecule has 0 aliphatic carbocycles. The van der Waals surface area contributed by atoms with Gasteiger partial charge in [-0.15, -0.1) is 0 Å². The molecule has 114 valence electrons. The fraction of sp³-hybridized carbons (Fsp3) is 0.600. The maximum atomic E-state index is 6.09. The van der Waals surface area contributed by atoms with Crippen LogP contribution in [0, 0.1) is 0 Å². The van der Waals surface area contributed by atoms with Gasteiger partial charge in [0, 0.05) is 19.8 Å². The zero-order chi connectivity index (χ0) is 14.8. The van der Waals surface area contributed by atoms with Gasteiger partial charge in [0.15, 0.2) is 0 Å². The Labute approximate surface area is 136 Å². The van der Waals surface area contributed by atoms with Crippen LogP contribution in [0.4, 0.5) is 0 Å². The molecule has 0 radical (unpaired) electrons. The molecular weight excluding hydrogens is 306 g/mol. The van der Waals surface area contributed by atoms with Crippen LogP contribution >= 0.6 is 23.8 Å². The van der Waals surface area contributed by atoms with Crippen molar-refractivity contribution in [2.24, 2.45) is 0 Å². The van der Waals surface area contributed by atoms with Crippen molar-refractivity contribution in [2.45, 2.75) is 25.4 Å². The number of pyridine rings is 1. The summed E-state index contributed by atoms with van der Waals surface area (Å²) in [6, 6.07) is 1.84. The highest BCUT2D eigenvalue weighted by Gasteiger charge is 2.26. The number of hydrogen-bond acceptors (Lipinski definition) is 4.